The second-order valence-corrected chi connectivity index (χ2v) is 4.51. The predicted molar refractivity (Wildman–Crippen MR) is 66.8 cm³/mol. The van der Waals surface area contributed by atoms with E-state index in [0.717, 1.165) is 5.56 Å². The Morgan fingerprint density at radius 2 is 2.17 bits per heavy atom. The summed E-state index contributed by atoms with van der Waals surface area (Å²) in [6, 6.07) is 9.13. The molecular weight excluding hydrogens is 232 g/mol. The number of aliphatic hydroxyl groups is 1. The summed E-state index contributed by atoms with van der Waals surface area (Å²) in [6.45, 7) is 1.09. The number of amides is 1. The Morgan fingerprint density at radius 3 is 2.83 bits per heavy atom. The van der Waals surface area contributed by atoms with Crippen molar-refractivity contribution < 1.29 is 14.6 Å². The fourth-order valence-corrected chi connectivity index (χ4v) is 1.95. The highest BCUT2D eigenvalue weighted by Gasteiger charge is 2.28. The van der Waals surface area contributed by atoms with Gasteiger partial charge in [-0.1, -0.05) is 30.3 Å². The van der Waals surface area contributed by atoms with Crippen LogP contribution >= 0.6 is 0 Å². The van der Waals surface area contributed by atoms with Crippen LogP contribution in [0.1, 0.15) is 12.0 Å². The minimum atomic E-state index is -0.525. The minimum absolute atomic E-state index is 0.258. The molecule has 3 N–H and O–H groups in total. The van der Waals surface area contributed by atoms with Gasteiger partial charge in [-0.3, -0.25) is 0 Å². The lowest BCUT2D eigenvalue weighted by molar-refractivity contribution is 0.0441. The summed E-state index contributed by atoms with van der Waals surface area (Å²) in [4.78, 5) is 13.3. The van der Waals surface area contributed by atoms with Crippen LogP contribution in [0.4, 0.5) is 4.79 Å². The number of likely N-dealkylation sites (tertiary alicyclic amines) is 1. The zero-order valence-electron chi connectivity index (χ0n) is 10.2. The Bertz CT molecular complexity index is 396. The Balaban J connectivity index is 1.82. The predicted octanol–water partition coefficient (Wildman–Crippen LogP) is 0.717. The van der Waals surface area contributed by atoms with E-state index in [1.165, 1.54) is 0 Å². The summed E-state index contributed by atoms with van der Waals surface area (Å²) < 4.78 is 5.20. The molecule has 0 aliphatic carbocycles. The van der Waals surface area contributed by atoms with Gasteiger partial charge in [-0.15, -0.1) is 0 Å². The molecule has 1 aromatic carbocycles. The van der Waals surface area contributed by atoms with Gasteiger partial charge >= 0.3 is 6.09 Å². The second-order valence-electron chi connectivity index (χ2n) is 4.51. The highest BCUT2D eigenvalue weighted by Crippen LogP contribution is 2.11. The highest BCUT2D eigenvalue weighted by atomic mass is 16.6. The third kappa shape index (κ3) is 3.21. The molecule has 98 valence electrons. The molecule has 0 unspecified atom stereocenters. The maximum atomic E-state index is 11.8. The summed E-state index contributed by atoms with van der Waals surface area (Å²) in [5, 5.41) is 9.48. The lowest BCUT2D eigenvalue weighted by atomic mass is 10.0. The Labute approximate surface area is 106 Å². The van der Waals surface area contributed by atoms with Crippen molar-refractivity contribution in [3.8, 4) is 0 Å². The lowest BCUT2D eigenvalue weighted by Gasteiger charge is -2.33. The molecule has 1 heterocycles. The van der Waals surface area contributed by atoms with Crippen LogP contribution in [0, 0.1) is 0 Å². The Kier molecular flexibility index (Phi) is 4.17. The van der Waals surface area contributed by atoms with Crippen LogP contribution < -0.4 is 5.73 Å². The number of piperidine rings is 1. The number of rotatable bonds is 2. The van der Waals surface area contributed by atoms with Gasteiger partial charge in [0.15, 0.2) is 0 Å². The van der Waals surface area contributed by atoms with Gasteiger partial charge in [0.1, 0.15) is 6.61 Å². The van der Waals surface area contributed by atoms with E-state index in [9.17, 15) is 9.90 Å². The summed E-state index contributed by atoms with van der Waals surface area (Å²) in [6.07, 6.45) is -0.397. The summed E-state index contributed by atoms with van der Waals surface area (Å²) in [7, 11) is 0. The maximum Gasteiger partial charge on any atom is 0.410 e. The zero-order valence-corrected chi connectivity index (χ0v) is 10.2. The van der Waals surface area contributed by atoms with E-state index in [-0.39, 0.29) is 18.7 Å². The van der Waals surface area contributed by atoms with Crippen LogP contribution in [0.2, 0.25) is 0 Å². The first-order chi connectivity index (χ1) is 8.66. The van der Waals surface area contributed by atoms with Crippen LogP contribution in [-0.2, 0) is 11.3 Å². The molecular formula is C13H18N2O3. The molecule has 5 nitrogen and oxygen atoms in total. The SMILES string of the molecule is N[C@H]1CN(C(=O)OCc2ccccc2)CC[C@@H]1O. The Hall–Kier alpha value is -1.59. The molecule has 1 aliphatic heterocycles. The van der Waals surface area contributed by atoms with Gasteiger partial charge in [0, 0.05) is 19.1 Å². The number of carbonyl (C=O) groups is 1. The van der Waals surface area contributed by atoms with Crippen LogP contribution in [0.3, 0.4) is 0 Å². The van der Waals surface area contributed by atoms with Crippen LogP contribution in [-0.4, -0.2) is 41.3 Å². The van der Waals surface area contributed by atoms with Crippen molar-refractivity contribution in [2.45, 2.75) is 25.2 Å². The number of ether oxygens (including phenoxy) is 1. The third-order valence-electron chi connectivity index (χ3n) is 3.08. The van der Waals surface area contributed by atoms with E-state index in [1.54, 1.807) is 4.90 Å². The molecule has 1 aromatic rings. The molecule has 1 fully saturated rings. The van der Waals surface area contributed by atoms with Crippen molar-refractivity contribution in [3.63, 3.8) is 0 Å². The molecule has 0 spiro atoms. The fourth-order valence-electron chi connectivity index (χ4n) is 1.95. The molecule has 0 bridgehead atoms. The van der Waals surface area contributed by atoms with Crippen molar-refractivity contribution >= 4 is 6.09 Å². The average Bonchev–Trinajstić information content (AvgIpc) is 2.40. The van der Waals surface area contributed by atoms with E-state index in [2.05, 4.69) is 0 Å². The van der Waals surface area contributed by atoms with Gasteiger partial charge in [0.05, 0.1) is 6.10 Å². The molecule has 0 aromatic heterocycles. The smallest absolute Gasteiger partial charge is 0.410 e. The molecule has 2 atom stereocenters. The molecule has 0 radical (unpaired) electrons. The van der Waals surface area contributed by atoms with Gasteiger partial charge < -0.3 is 20.5 Å². The van der Waals surface area contributed by atoms with E-state index in [0.29, 0.717) is 19.5 Å². The second kappa shape index (κ2) is 5.84. The summed E-state index contributed by atoms with van der Waals surface area (Å²) in [5.74, 6) is 0. The van der Waals surface area contributed by atoms with Crippen LogP contribution in [0.25, 0.3) is 0 Å². The van der Waals surface area contributed by atoms with Gasteiger partial charge in [0.25, 0.3) is 0 Å². The first kappa shape index (κ1) is 12.9. The number of hydrogen-bond acceptors (Lipinski definition) is 4. The molecule has 1 amide bonds. The summed E-state index contributed by atoms with van der Waals surface area (Å²) in [5.41, 5.74) is 6.67. The number of nitrogens with zero attached hydrogens (tertiary/aromatic N) is 1. The van der Waals surface area contributed by atoms with E-state index < -0.39 is 6.10 Å². The monoisotopic (exact) mass is 250 g/mol. The van der Waals surface area contributed by atoms with Gasteiger partial charge in [-0.25, -0.2) is 4.79 Å². The standard InChI is InChI=1S/C13H18N2O3/c14-11-8-15(7-6-12(11)16)13(17)18-9-10-4-2-1-3-5-10/h1-5,11-12,16H,6-9,14H2/t11-,12-/m0/s1. The van der Waals surface area contributed by atoms with Gasteiger partial charge in [-0.05, 0) is 12.0 Å². The quantitative estimate of drug-likeness (QED) is 0.811. The zero-order chi connectivity index (χ0) is 13.0. The van der Waals surface area contributed by atoms with E-state index in [4.69, 9.17) is 10.5 Å². The van der Waals surface area contributed by atoms with Crippen molar-refractivity contribution in [2.24, 2.45) is 5.73 Å². The molecule has 18 heavy (non-hydrogen) atoms. The van der Waals surface area contributed by atoms with E-state index in [1.807, 2.05) is 30.3 Å². The molecule has 1 aliphatic rings. The number of hydrogen-bond donors (Lipinski definition) is 2. The van der Waals surface area contributed by atoms with Crippen molar-refractivity contribution in [3.05, 3.63) is 35.9 Å². The molecule has 1 saturated heterocycles. The first-order valence-electron chi connectivity index (χ1n) is 6.06. The topological polar surface area (TPSA) is 75.8 Å². The number of nitrogens with two attached hydrogens (primary N) is 1. The van der Waals surface area contributed by atoms with Gasteiger partial charge in [-0.2, -0.15) is 0 Å². The van der Waals surface area contributed by atoms with Crippen LogP contribution in [0.5, 0.6) is 0 Å². The van der Waals surface area contributed by atoms with Crippen molar-refractivity contribution in [2.75, 3.05) is 13.1 Å². The summed E-state index contributed by atoms with van der Waals surface area (Å²) >= 11 is 0. The number of carbonyl (C=O) groups excluding carboxylic acids is 1. The molecule has 5 heteroatoms. The Morgan fingerprint density at radius 1 is 1.44 bits per heavy atom. The van der Waals surface area contributed by atoms with Crippen molar-refractivity contribution in [1.82, 2.24) is 4.90 Å². The lowest BCUT2D eigenvalue weighted by Crippen LogP contribution is -2.53. The normalized spacial score (nSPS) is 23.8. The van der Waals surface area contributed by atoms with Gasteiger partial charge in [0.2, 0.25) is 0 Å². The average molecular weight is 250 g/mol. The first-order valence-corrected chi connectivity index (χ1v) is 6.06. The van der Waals surface area contributed by atoms with Crippen LogP contribution in [0.15, 0.2) is 30.3 Å². The third-order valence-corrected chi connectivity index (χ3v) is 3.08. The van der Waals surface area contributed by atoms with Crippen molar-refractivity contribution in [1.29, 1.82) is 0 Å². The molecule has 2 rings (SSSR count). The van der Waals surface area contributed by atoms with E-state index >= 15 is 0 Å². The molecule has 0 saturated carbocycles. The number of benzene rings is 1. The maximum absolute atomic E-state index is 11.8. The fraction of sp³-hybridized carbons (Fsp3) is 0.462. The minimum Gasteiger partial charge on any atom is -0.445 e. The number of aliphatic hydroxyl groups excluding tert-OH is 1. The highest BCUT2D eigenvalue weighted by molar-refractivity contribution is 5.67. The largest absolute Gasteiger partial charge is 0.445 e.